The SMILES string of the molecule is CC[C@@H]1C2C[C@H](OC=O)CCC2(C)[C@H]2CCC3(C)C([C@H](C)CCNC(=O)OC(C)(C)C)CC[C@H]3C2[C@@H]1OC=O. The molecule has 0 bridgehead atoms. The lowest BCUT2D eigenvalue weighted by molar-refractivity contribution is -0.213. The smallest absolute Gasteiger partial charge is 0.407 e. The Hall–Kier alpha value is -1.79. The third kappa shape index (κ3) is 5.70. The molecule has 0 aliphatic heterocycles. The van der Waals surface area contributed by atoms with Crippen molar-refractivity contribution >= 4 is 19.0 Å². The largest absolute Gasteiger partial charge is 0.465 e. The van der Waals surface area contributed by atoms with Gasteiger partial charge in [-0.25, -0.2) is 4.79 Å². The van der Waals surface area contributed by atoms with Crippen LogP contribution in [0.5, 0.6) is 0 Å². The summed E-state index contributed by atoms with van der Waals surface area (Å²) in [6, 6.07) is 0. The Bertz CT molecular complexity index is 886. The maximum Gasteiger partial charge on any atom is 0.407 e. The van der Waals surface area contributed by atoms with Crippen LogP contribution in [0.25, 0.3) is 0 Å². The van der Waals surface area contributed by atoms with Crippen LogP contribution in [-0.2, 0) is 23.8 Å². The van der Waals surface area contributed by atoms with E-state index >= 15 is 0 Å². The van der Waals surface area contributed by atoms with Crippen LogP contribution in [0.1, 0.15) is 106 Å². The van der Waals surface area contributed by atoms with Crippen LogP contribution in [0.3, 0.4) is 0 Å². The molecule has 5 unspecified atom stereocenters. The lowest BCUT2D eigenvalue weighted by Crippen LogP contribution is -2.62. The molecule has 4 saturated carbocycles. The highest BCUT2D eigenvalue weighted by atomic mass is 16.6. The number of alkyl carbamates (subject to hydrolysis) is 1. The Morgan fingerprint density at radius 1 is 0.974 bits per heavy atom. The Balaban J connectivity index is 1.52. The van der Waals surface area contributed by atoms with Crippen molar-refractivity contribution in [3.8, 4) is 0 Å². The van der Waals surface area contributed by atoms with Crippen LogP contribution >= 0.6 is 0 Å². The first-order valence-electron chi connectivity index (χ1n) is 15.5. The Morgan fingerprint density at radius 2 is 1.64 bits per heavy atom. The summed E-state index contributed by atoms with van der Waals surface area (Å²) in [5.41, 5.74) is -0.108. The predicted octanol–water partition coefficient (Wildman–Crippen LogP) is 6.53. The van der Waals surface area contributed by atoms with Crippen molar-refractivity contribution in [3.63, 3.8) is 0 Å². The van der Waals surface area contributed by atoms with Gasteiger partial charge in [0, 0.05) is 12.5 Å². The number of hydrogen-bond acceptors (Lipinski definition) is 6. The molecule has 1 N–H and O–H groups in total. The summed E-state index contributed by atoms with van der Waals surface area (Å²) >= 11 is 0. The van der Waals surface area contributed by atoms with Gasteiger partial charge >= 0.3 is 6.09 Å². The van der Waals surface area contributed by atoms with Crippen LogP contribution < -0.4 is 5.32 Å². The molecule has 39 heavy (non-hydrogen) atoms. The van der Waals surface area contributed by atoms with Crippen LogP contribution in [0.4, 0.5) is 4.79 Å². The van der Waals surface area contributed by atoms with Crippen LogP contribution in [0.2, 0.25) is 0 Å². The van der Waals surface area contributed by atoms with Crippen molar-refractivity contribution in [2.75, 3.05) is 6.54 Å². The maximum absolute atomic E-state index is 12.2. The van der Waals surface area contributed by atoms with E-state index in [-0.39, 0.29) is 35.0 Å². The molecule has 0 spiro atoms. The number of rotatable bonds is 9. The molecule has 0 radical (unpaired) electrons. The second-order valence-corrected chi connectivity index (χ2v) is 14.7. The molecular weight excluding hydrogens is 494 g/mol. The lowest BCUT2D eigenvalue weighted by Gasteiger charge is -2.65. The van der Waals surface area contributed by atoms with E-state index in [1.807, 2.05) is 20.8 Å². The number of nitrogens with one attached hydrogen (secondary N) is 1. The molecule has 4 aliphatic carbocycles. The number of amides is 1. The molecule has 7 heteroatoms. The van der Waals surface area contributed by atoms with E-state index in [4.69, 9.17) is 14.2 Å². The first-order chi connectivity index (χ1) is 18.4. The molecule has 0 saturated heterocycles. The molecule has 222 valence electrons. The molecule has 4 fully saturated rings. The fourth-order valence-corrected chi connectivity index (χ4v) is 10.3. The Kier molecular flexibility index (Phi) is 8.97. The van der Waals surface area contributed by atoms with Crippen molar-refractivity contribution in [1.82, 2.24) is 5.32 Å². The number of hydrogen-bond donors (Lipinski definition) is 1. The van der Waals surface area contributed by atoms with Crippen molar-refractivity contribution < 1.29 is 28.6 Å². The van der Waals surface area contributed by atoms with Crippen LogP contribution in [0.15, 0.2) is 0 Å². The quantitative estimate of drug-likeness (QED) is 0.261. The summed E-state index contributed by atoms with van der Waals surface area (Å²) in [6.45, 7) is 17.2. The van der Waals surface area contributed by atoms with Crippen molar-refractivity contribution in [2.45, 2.75) is 124 Å². The summed E-state index contributed by atoms with van der Waals surface area (Å²) in [7, 11) is 0. The average Bonchev–Trinajstić information content (AvgIpc) is 3.21. The van der Waals surface area contributed by atoms with Gasteiger partial charge in [0.2, 0.25) is 0 Å². The fourth-order valence-electron chi connectivity index (χ4n) is 10.3. The Labute approximate surface area is 235 Å². The standard InChI is InChI=1S/C32H53NO6/c1-8-22-26-17-21(37-18-34)11-14-32(26,7)25-12-15-31(6)23(9-10-24(31)27(25)28(22)38-19-35)20(2)13-16-33-29(36)39-30(3,4)5/h18-28H,8-17H2,1-7H3,(H,33,36)/t20-,21-,22-,23?,24+,25+,26?,27?,28-,31?,32?/m1/s1. The highest BCUT2D eigenvalue weighted by Crippen LogP contribution is 2.70. The molecule has 4 aliphatic rings. The van der Waals surface area contributed by atoms with Gasteiger partial charge in [0.25, 0.3) is 12.9 Å². The Morgan fingerprint density at radius 3 is 2.28 bits per heavy atom. The van der Waals surface area contributed by atoms with Crippen molar-refractivity contribution in [1.29, 1.82) is 0 Å². The number of fused-ring (bicyclic) bond motifs is 5. The monoisotopic (exact) mass is 547 g/mol. The summed E-state index contributed by atoms with van der Waals surface area (Å²) in [5, 5.41) is 2.96. The second kappa shape index (κ2) is 11.6. The number of carbonyl (C=O) groups excluding carboxylic acids is 3. The molecule has 4 rings (SSSR count). The summed E-state index contributed by atoms with van der Waals surface area (Å²) < 4.78 is 17.0. The van der Waals surface area contributed by atoms with Gasteiger partial charge in [-0.15, -0.1) is 0 Å². The molecule has 7 nitrogen and oxygen atoms in total. The summed E-state index contributed by atoms with van der Waals surface area (Å²) in [4.78, 5) is 35.2. The highest BCUT2D eigenvalue weighted by Gasteiger charge is 2.66. The fraction of sp³-hybridized carbons (Fsp3) is 0.906. The minimum Gasteiger partial charge on any atom is -0.465 e. The van der Waals surface area contributed by atoms with E-state index in [0.29, 0.717) is 55.0 Å². The molecule has 0 aromatic heterocycles. The molecule has 0 aromatic rings. The second-order valence-electron chi connectivity index (χ2n) is 14.7. The highest BCUT2D eigenvalue weighted by molar-refractivity contribution is 5.67. The van der Waals surface area contributed by atoms with Gasteiger partial charge < -0.3 is 19.5 Å². The predicted molar refractivity (Wildman–Crippen MR) is 150 cm³/mol. The maximum atomic E-state index is 12.2. The molecule has 0 aromatic carbocycles. The lowest BCUT2D eigenvalue weighted by atomic mass is 9.41. The normalized spacial score (nSPS) is 42.2. The third-order valence-electron chi connectivity index (χ3n) is 11.8. The third-order valence-corrected chi connectivity index (χ3v) is 11.8. The minimum atomic E-state index is -0.493. The zero-order valence-corrected chi connectivity index (χ0v) is 25.4. The van der Waals surface area contributed by atoms with E-state index in [2.05, 4.69) is 33.0 Å². The zero-order valence-electron chi connectivity index (χ0n) is 25.4. The minimum absolute atomic E-state index is 0.0251. The van der Waals surface area contributed by atoms with Gasteiger partial charge in [-0.3, -0.25) is 9.59 Å². The van der Waals surface area contributed by atoms with E-state index in [9.17, 15) is 14.4 Å². The van der Waals surface area contributed by atoms with E-state index < -0.39 is 5.60 Å². The molecule has 0 heterocycles. The van der Waals surface area contributed by atoms with Crippen LogP contribution in [0, 0.1) is 52.3 Å². The van der Waals surface area contributed by atoms with Gasteiger partial charge in [-0.05, 0) is 125 Å². The molecule has 1 amide bonds. The summed E-state index contributed by atoms with van der Waals surface area (Å²) in [5.74, 6) is 3.19. The van der Waals surface area contributed by atoms with Gasteiger partial charge in [0.1, 0.15) is 17.8 Å². The van der Waals surface area contributed by atoms with Crippen LogP contribution in [-0.4, -0.2) is 43.4 Å². The van der Waals surface area contributed by atoms with E-state index in [1.54, 1.807) is 0 Å². The van der Waals surface area contributed by atoms with Crippen molar-refractivity contribution in [2.24, 2.45) is 52.3 Å². The summed E-state index contributed by atoms with van der Waals surface area (Å²) in [6.07, 6.45) is 9.08. The molecular formula is C32H53NO6. The van der Waals surface area contributed by atoms with Gasteiger partial charge in [-0.2, -0.15) is 0 Å². The number of carbonyl (C=O) groups is 3. The first kappa shape index (κ1) is 30.2. The average molecular weight is 548 g/mol. The van der Waals surface area contributed by atoms with Crippen molar-refractivity contribution in [3.05, 3.63) is 0 Å². The van der Waals surface area contributed by atoms with Gasteiger partial charge in [0.15, 0.2) is 0 Å². The zero-order chi connectivity index (χ0) is 28.6. The molecule has 11 atom stereocenters. The topological polar surface area (TPSA) is 90.9 Å². The van der Waals surface area contributed by atoms with Gasteiger partial charge in [0.05, 0.1) is 0 Å². The first-order valence-corrected chi connectivity index (χ1v) is 15.5. The van der Waals surface area contributed by atoms with E-state index in [1.165, 1.54) is 25.7 Å². The van der Waals surface area contributed by atoms with E-state index in [0.717, 1.165) is 32.1 Å². The van der Waals surface area contributed by atoms with Gasteiger partial charge in [-0.1, -0.05) is 27.7 Å². The number of ether oxygens (including phenoxy) is 3.